The molecule has 0 fully saturated rings. The predicted molar refractivity (Wildman–Crippen MR) is 53.2 cm³/mol. The number of allylic oxidation sites excluding steroid dienone is 5. The highest BCUT2D eigenvalue weighted by Crippen LogP contribution is 2.15. The molecule has 0 unspecified atom stereocenters. The van der Waals surface area contributed by atoms with Gasteiger partial charge < -0.3 is 0 Å². The fourth-order valence-corrected chi connectivity index (χ4v) is 0.800. The third-order valence-electron chi connectivity index (χ3n) is 1.23. The molecule has 0 N–H and O–H groups in total. The van der Waals surface area contributed by atoms with Crippen LogP contribution in [-0.2, 0) is 0 Å². The molecule has 0 saturated heterocycles. The number of halogens is 2. The highest BCUT2D eigenvalue weighted by Gasteiger charge is 1.92. The van der Waals surface area contributed by atoms with Gasteiger partial charge in [0.05, 0.1) is 0 Å². The first-order valence-electron chi connectivity index (χ1n) is 3.48. The van der Waals surface area contributed by atoms with E-state index in [0.29, 0.717) is 10.9 Å². The average molecular weight is 191 g/mol. The Hall–Kier alpha value is -0.200. The molecule has 62 valence electrons. The zero-order valence-corrected chi connectivity index (χ0v) is 8.12. The molecule has 0 rings (SSSR count). The van der Waals surface area contributed by atoms with E-state index in [-0.39, 0.29) is 0 Å². The molecule has 0 radical (unpaired) electrons. The monoisotopic (exact) mass is 190 g/mol. The highest BCUT2D eigenvalue weighted by atomic mass is 35.5. The molecule has 2 heteroatoms. The number of hydrogen-bond donors (Lipinski definition) is 0. The molecule has 0 saturated carbocycles. The molecule has 0 bridgehead atoms. The van der Waals surface area contributed by atoms with E-state index in [2.05, 4.69) is 6.58 Å². The van der Waals surface area contributed by atoms with Crippen LogP contribution in [0.4, 0.5) is 0 Å². The Labute approximate surface area is 78.2 Å². The molecule has 11 heavy (non-hydrogen) atoms. The molecule has 0 aliphatic carbocycles. The number of hydrogen-bond acceptors (Lipinski definition) is 0. The maximum atomic E-state index is 5.83. The summed E-state index contributed by atoms with van der Waals surface area (Å²) in [5.74, 6) is 0.513. The van der Waals surface area contributed by atoms with Gasteiger partial charge in [0.1, 0.15) is 0 Å². The minimum absolute atomic E-state index is 0.513. The second-order valence-corrected chi connectivity index (χ2v) is 2.77. The zero-order chi connectivity index (χ0) is 8.69. The molecule has 0 aromatic rings. The summed E-state index contributed by atoms with van der Waals surface area (Å²) in [6, 6.07) is 0. The summed E-state index contributed by atoms with van der Waals surface area (Å²) in [6.45, 7) is 5.80. The Kier molecular flexibility index (Phi) is 6.39. The minimum atomic E-state index is 0.513. The van der Waals surface area contributed by atoms with Gasteiger partial charge in [0.25, 0.3) is 0 Å². The predicted octanol–water partition coefficient (Wildman–Crippen LogP) is 3.87. The normalized spacial score (nSPS) is 12.5. The van der Waals surface area contributed by atoms with Gasteiger partial charge in [-0.1, -0.05) is 37.3 Å². The van der Waals surface area contributed by atoms with Crippen LogP contribution in [0.3, 0.4) is 0 Å². The van der Waals surface area contributed by atoms with E-state index in [1.165, 1.54) is 0 Å². The third-order valence-corrected chi connectivity index (χ3v) is 1.80. The van der Waals surface area contributed by atoms with Gasteiger partial charge in [-0.3, -0.25) is 0 Å². The largest absolute Gasteiger partial charge is 0.122 e. The van der Waals surface area contributed by atoms with Crippen LogP contribution in [0.1, 0.15) is 13.3 Å². The first-order valence-corrected chi connectivity index (χ1v) is 4.40. The molecule has 0 aromatic carbocycles. The topological polar surface area (TPSA) is 0 Å². The quantitative estimate of drug-likeness (QED) is 0.467. The van der Waals surface area contributed by atoms with Crippen molar-refractivity contribution in [2.45, 2.75) is 13.3 Å². The van der Waals surface area contributed by atoms with Crippen LogP contribution in [-0.4, -0.2) is 5.88 Å². The molecule has 0 aliphatic rings. The third kappa shape index (κ3) is 5.11. The van der Waals surface area contributed by atoms with Crippen molar-refractivity contribution in [3.8, 4) is 0 Å². The van der Waals surface area contributed by atoms with Crippen molar-refractivity contribution in [3.63, 3.8) is 0 Å². The Bertz CT molecular complexity index is 178. The molecule has 0 heterocycles. The standard InChI is InChI=1S/C9H12Cl2/c1-3-8(2)9(11)6-4-5-7-10/h4-6H,2-3,7H2,1H3/b5-4-,9-6+. The molecule has 0 amide bonds. The Morgan fingerprint density at radius 1 is 1.55 bits per heavy atom. The van der Waals surface area contributed by atoms with Crippen LogP contribution in [0.2, 0.25) is 0 Å². The summed E-state index contributed by atoms with van der Waals surface area (Å²) in [7, 11) is 0. The zero-order valence-electron chi connectivity index (χ0n) is 6.61. The van der Waals surface area contributed by atoms with E-state index < -0.39 is 0 Å². The smallest absolute Gasteiger partial charge is 0.0431 e. The van der Waals surface area contributed by atoms with Crippen molar-refractivity contribution in [3.05, 3.63) is 35.4 Å². The molecule has 0 nitrogen and oxygen atoms in total. The fourth-order valence-electron chi connectivity index (χ4n) is 0.491. The Morgan fingerprint density at radius 3 is 2.64 bits per heavy atom. The molecule has 0 aromatic heterocycles. The van der Waals surface area contributed by atoms with Gasteiger partial charge in [-0.05, 0) is 18.1 Å². The maximum absolute atomic E-state index is 5.83. The molecule has 0 aliphatic heterocycles. The number of rotatable bonds is 4. The van der Waals surface area contributed by atoms with Gasteiger partial charge in [-0.15, -0.1) is 11.6 Å². The fraction of sp³-hybridized carbons (Fsp3) is 0.333. The van der Waals surface area contributed by atoms with E-state index in [9.17, 15) is 0 Å². The van der Waals surface area contributed by atoms with E-state index in [1.54, 1.807) is 6.08 Å². The average Bonchev–Trinajstić information content (AvgIpc) is 2.03. The van der Waals surface area contributed by atoms with E-state index >= 15 is 0 Å². The lowest BCUT2D eigenvalue weighted by Crippen LogP contribution is -1.75. The van der Waals surface area contributed by atoms with Gasteiger partial charge in [0, 0.05) is 10.9 Å². The van der Waals surface area contributed by atoms with Crippen molar-refractivity contribution in [2.75, 3.05) is 5.88 Å². The second-order valence-electron chi connectivity index (χ2n) is 2.05. The molecular formula is C9H12Cl2. The van der Waals surface area contributed by atoms with Gasteiger partial charge in [-0.25, -0.2) is 0 Å². The van der Waals surface area contributed by atoms with Crippen molar-refractivity contribution in [1.29, 1.82) is 0 Å². The first kappa shape index (κ1) is 10.8. The SMILES string of the molecule is C=C(CC)/C(Cl)=C\C=C/CCl. The lowest BCUT2D eigenvalue weighted by Gasteiger charge is -1.96. The van der Waals surface area contributed by atoms with Crippen LogP contribution in [0, 0.1) is 0 Å². The summed E-state index contributed by atoms with van der Waals surface area (Å²) in [4.78, 5) is 0. The first-order chi connectivity index (χ1) is 5.22. The van der Waals surface area contributed by atoms with Gasteiger partial charge in [0.15, 0.2) is 0 Å². The van der Waals surface area contributed by atoms with Crippen molar-refractivity contribution >= 4 is 23.2 Å². The summed E-state index contributed by atoms with van der Waals surface area (Å²) in [5.41, 5.74) is 0.950. The van der Waals surface area contributed by atoms with Crippen LogP contribution < -0.4 is 0 Å². The summed E-state index contributed by atoms with van der Waals surface area (Å²) in [5, 5.41) is 0.703. The Balaban J connectivity index is 4.00. The maximum Gasteiger partial charge on any atom is 0.0431 e. The van der Waals surface area contributed by atoms with E-state index in [0.717, 1.165) is 12.0 Å². The van der Waals surface area contributed by atoms with Crippen molar-refractivity contribution < 1.29 is 0 Å². The van der Waals surface area contributed by atoms with Gasteiger partial charge in [-0.2, -0.15) is 0 Å². The lowest BCUT2D eigenvalue weighted by atomic mass is 10.2. The van der Waals surface area contributed by atoms with Gasteiger partial charge >= 0.3 is 0 Å². The van der Waals surface area contributed by atoms with Crippen LogP contribution in [0.15, 0.2) is 35.4 Å². The van der Waals surface area contributed by atoms with Crippen molar-refractivity contribution in [2.24, 2.45) is 0 Å². The Morgan fingerprint density at radius 2 is 2.18 bits per heavy atom. The molecule has 0 spiro atoms. The van der Waals surface area contributed by atoms with Crippen LogP contribution in [0.5, 0.6) is 0 Å². The minimum Gasteiger partial charge on any atom is -0.122 e. The summed E-state index contributed by atoms with van der Waals surface area (Å²) in [6.07, 6.45) is 6.34. The van der Waals surface area contributed by atoms with Crippen LogP contribution >= 0.6 is 23.2 Å². The summed E-state index contributed by atoms with van der Waals surface area (Å²) < 4.78 is 0. The van der Waals surface area contributed by atoms with Crippen molar-refractivity contribution in [1.82, 2.24) is 0 Å². The second kappa shape index (κ2) is 6.51. The van der Waals surface area contributed by atoms with E-state index in [1.807, 2.05) is 19.1 Å². The highest BCUT2D eigenvalue weighted by molar-refractivity contribution is 6.32. The summed E-state index contributed by atoms with van der Waals surface area (Å²) >= 11 is 11.3. The van der Waals surface area contributed by atoms with Gasteiger partial charge in [0.2, 0.25) is 0 Å². The molecule has 0 atom stereocenters. The lowest BCUT2D eigenvalue weighted by molar-refractivity contribution is 1.15. The van der Waals surface area contributed by atoms with Crippen LogP contribution in [0.25, 0.3) is 0 Å². The molecular weight excluding hydrogens is 179 g/mol. The number of alkyl halides is 1. The van der Waals surface area contributed by atoms with E-state index in [4.69, 9.17) is 23.2 Å².